The van der Waals surface area contributed by atoms with Crippen molar-refractivity contribution in [3.63, 3.8) is 0 Å². The zero-order chi connectivity index (χ0) is 15.6. The van der Waals surface area contributed by atoms with Gasteiger partial charge in [-0.2, -0.15) is 0 Å². The van der Waals surface area contributed by atoms with E-state index < -0.39 is 18.0 Å². The summed E-state index contributed by atoms with van der Waals surface area (Å²) in [5.41, 5.74) is 8.11. The standard InChI is InChI=1S/C15H16N2O4.2H2O/c1-9-7-11(17-6-2-3-13(17)15(20)21)5-4-10(9)8-12(16)14(18)19;;/h2-7,12H,8,16H2,1H3,(H,18,19)(H,20,21);2*1H2/t12-;;/m0../s1. The predicted molar refractivity (Wildman–Crippen MR) is 84.0 cm³/mol. The van der Waals surface area contributed by atoms with E-state index in [9.17, 15) is 9.59 Å². The summed E-state index contributed by atoms with van der Waals surface area (Å²) in [7, 11) is 0. The zero-order valence-corrected chi connectivity index (χ0v) is 12.5. The molecule has 1 atom stereocenters. The largest absolute Gasteiger partial charge is 0.480 e. The minimum Gasteiger partial charge on any atom is -0.480 e. The van der Waals surface area contributed by atoms with Gasteiger partial charge in [0.05, 0.1) is 0 Å². The summed E-state index contributed by atoms with van der Waals surface area (Å²) in [6.07, 6.45) is 1.90. The van der Waals surface area contributed by atoms with E-state index >= 15 is 0 Å². The first-order valence-corrected chi connectivity index (χ1v) is 6.39. The first-order valence-electron chi connectivity index (χ1n) is 6.39. The molecule has 0 aliphatic rings. The number of aromatic nitrogens is 1. The first-order chi connectivity index (χ1) is 9.90. The van der Waals surface area contributed by atoms with E-state index in [1.54, 1.807) is 29.0 Å². The third-order valence-electron chi connectivity index (χ3n) is 3.33. The highest BCUT2D eigenvalue weighted by Gasteiger charge is 2.15. The van der Waals surface area contributed by atoms with Crippen molar-refractivity contribution >= 4 is 11.9 Å². The highest BCUT2D eigenvalue weighted by atomic mass is 16.4. The summed E-state index contributed by atoms with van der Waals surface area (Å²) in [5.74, 6) is -2.05. The van der Waals surface area contributed by atoms with Gasteiger partial charge < -0.3 is 31.5 Å². The van der Waals surface area contributed by atoms with Gasteiger partial charge in [-0.3, -0.25) is 4.79 Å². The molecule has 126 valence electrons. The Hall–Kier alpha value is -2.68. The number of hydrogen-bond donors (Lipinski definition) is 3. The molecular weight excluding hydrogens is 304 g/mol. The van der Waals surface area contributed by atoms with Gasteiger partial charge in [-0.05, 0) is 48.7 Å². The Morgan fingerprint density at radius 3 is 2.39 bits per heavy atom. The molecule has 8 N–H and O–H groups in total. The van der Waals surface area contributed by atoms with Gasteiger partial charge in [-0.1, -0.05) is 6.07 Å². The fourth-order valence-corrected chi connectivity index (χ4v) is 2.16. The number of rotatable bonds is 5. The van der Waals surface area contributed by atoms with E-state index in [0.29, 0.717) is 5.69 Å². The van der Waals surface area contributed by atoms with Crippen molar-refractivity contribution in [2.75, 3.05) is 0 Å². The highest BCUT2D eigenvalue weighted by molar-refractivity contribution is 5.86. The summed E-state index contributed by atoms with van der Waals surface area (Å²) in [4.78, 5) is 21.9. The summed E-state index contributed by atoms with van der Waals surface area (Å²) in [5, 5.41) is 18.0. The lowest BCUT2D eigenvalue weighted by atomic mass is 10.0. The molecule has 0 fully saturated rings. The summed E-state index contributed by atoms with van der Waals surface area (Å²) >= 11 is 0. The second-order valence-corrected chi connectivity index (χ2v) is 4.83. The molecule has 23 heavy (non-hydrogen) atoms. The molecule has 0 spiro atoms. The van der Waals surface area contributed by atoms with Crippen LogP contribution in [-0.4, -0.2) is 43.7 Å². The number of aryl methyl sites for hydroxylation is 1. The molecule has 2 rings (SSSR count). The second kappa shape index (κ2) is 8.08. The Kier molecular flexibility index (Phi) is 7.14. The van der Waals surface area contributed by atoms with E-state index in [1.807, 2.05) is 13.0 Å². The van der Waals surface area contributed by atoms with Gasteiger partial charge in [0, 0.05) is 11.9 Å². The molecule has 2 aromatic rings. The number of carboxylic acids is 2. The maximum absolute atomic E-state index is 11.1. The molecule has 0 saturated carbocycles. The van der Waals surface area contributed by atoms with Crippen LogP contribution in [0.15, 0.2) is 36.5 Å². The summed E-state index contributed by atoms with van der Waals surface area (Å²) < 4.78 is 1.57. The van der Waals surface area contributed by atoms with Crippen LogP contribution in [0.5, 0.6) is 0 Å². The maximum atomic E-state index is 11.1. The van der Waals surface area contributed by atoms with Crippen LogP contribution in [0.2, 0.25) is 0 Å². The lowest BCUT2D eigenvalue weighted by Crippen LogP contribution is -2.32. The van der Waals surface area contributed by atoms with Gasteiger partial charge >= 0.3 is 11.9 Å². The van der Waals surface area contributed by atoms with Crippen LogP contribution in [0.4, 0.5) is 0 Å². The van der Waals surface area contributed by atoms with Crippen LogP contribution < -0.4 is 5.73 Å². The average Bonchev–Trinajstić information content (AvgIpc) is 2.90. The molecule has 0 bridgehead atoms. The van der Waals surface area contributed by atoms with E-state index in [2.05, 4.69) is 0 Å². The number of carbonyl (C=O) groups is 2. The normalized spacial score (nSPS) is 11.0. The fraction of sp³-hybridized carbons (Fsp3) is 0.200. The van der Waals surface area contributed by atoms with Gasteiger partial charge in [0.15, 0.2) is 0 Å². The third-order valence-corrected chi connectivity index (χ3v) is 3.33. The van der Waals surface area contributed by atoms with Crippen LogP contribution in [0.25, 0.3) is 5.69 Å². The lowest BCUT2D eigenvalue weighted by molar-refractivity contribution is -0.138. The molecule has 0 amide bonds. The molecule has 0 radical (unpaired) electrons. The Morgan fingerprint density at radius 1 is 1.22 bits per heavy atom. The van der Waals surface area contributed by atoms with Crippen molar-refractivity contribution in [1.82, 2.24) is 4.57 Å². The van der Waals surface area contributed by atoms with Gasteiger partial charge in [-0.15, -0.1) is 0 Å². The Bertz CT molecular complexity index is 695. The molecular formula is C15H20N2O6. The van der Waals surface area contributed by atoms with E-state index in [1.165, 1.54) is 6.07 Å². The fourth-order valence-electron chi connectivity index (χ4n) is 2.16. The van der Waals surface area contributed by atoms with Crippen molar-refractivity contribution < 1.29 is 30.8 Å². The number of carboxylic acid groups (broad SMARTS) is 2. The molecule has 1 heterocycles. The van der Waals surface area contributed by atoms with Gasteiger partial charge in [0.2, 0.25) is 0 Å². The monoisotopic (exact) mass is 324 g/mol. The molecule has 8 heteroatoms. The van der Waals surface area contributed by atoms with Gasteiger partial charge in [0.1, 0.15) is 11.7 Å². The summed E-state index contributed by atoms with van der Waals surface area (Å²) in [6.45, 7) is 1.84. The van der Waals surface area contributed by atoms with E-state index in [4.69, 9.17) is 15.9 Å². The van der Waals surface area contributed by atoms with Crippen LogP contribution in [0.1, 0.15) is 21.6 Å². The van der Waals surface area contributed by atoms with E-state index in [-0.39, 0.29) is 23.1 Å². The van der Waals surface area contributed by atoms with Crippen molar-refractivity contribution in [1.29, 1.82) is 0 Å². The molecule has 1 aromatic carbocycles. The number of hydrogen-bond acceptors (Lipinski definition) is 3. The molecule has 8 nitrogen and oxygen atoms in total. The van der Waals surface area contributed by atoms with Crippen LogP contribution >= 0.6 is 0 Å². The highest BCUT2D eigenvalue weighted by Crippen LogP contribution is 2.18. The van der Waals surface area contributed by atoms with Gasteiger partial charge in [-0.25, -0.2) is 4.79 Å². The Balaban J connectivity index is 0.00000242. The van der Waals surface area contributed by atoms with Crippen LogP contribution in [0.3, 0.4) is 0 Å². The van der Waals surface area contributed by atoms with Crippen molar-refractivity contribution in [3.8, 4) is 5.69 Å². The zero-order valence-electron chi connectivity index (χ0n) is 12.5. The minimum absolute atomic E-state index is 0. The molecule has 0 aliphatic heterocycles. The predicted octanol–water partition coefficient (Wildman–Crippen LogP) is -0.211. The average molecular weight is 324 g/mol. The minimum atomic E-state index is -1.04. The quantitative estimate of drug-likeness (QED) is 0.690. The van der Waals surface area contributed by atoms with Gasteiger partial charge in [0.25, 0.3) is 0 Å². The van der Waals surface area contributed by atoms with E-state index in [0.717, 1.165) is 11.1 Å². The molecule has 0 aliphatic carbocycles. The Morgan fingerprint density at radius 2 is 1.87 bits per heavy atom. The van der Waals surface area contributed by atoms with Crippen molar-refractivity contribution in [2.45, 2.75) is 19.4 Å². The Labute approximate surface area is 132 Å². The SMILES string of the molecule is Cc1cc(-n2cccc2C(=O)O)ccc1C[C@H](N)C(=O)O.O.O. The third kappa shape index (κ3) is 4.39. The summed E-state index contributed by atoms with van der Waals surface area (Å²) in [6, 6.07) is 7.58. The van der Waals surface area contributed by atoms with Crippen molar-refractivity contribution in [3.05, 3.63) is 53.3 Å². The van der Waals surface area contributed by atoms with Crippen LogP contribution in [0, 0.1) is 6.92 Å². The number of benzene rings is 1. The lowest BCUT2D eigenvalue weighted by Gasteiger charge is -2.12. The van der Waals surface area contributed by atoms with Crippen molar-refractivity contribution in [2.24, 2.45) is 5.73 Å². The molecule has 1 aromatic heterocycles. The topological polar surface area (TPSA) is 169 Å². The molecule has 0 saturated heterocycles. The van der Waals surface area contributed by atoms with Crippen LogP contribution in [-0.2, 0) is 11.2 Å². The number of aliphatic carboxylic acids is 1. The first kappa shape index (κ1) is 20.3. The number of nitrogens with two attached hydrogens (primary N) is 1. The number of aromatic carboxylic acids is 1. The smallest absolute Gasteiger partial charge is 0.352 e. The molecule has 0 unspecified atom stereocenters. The maximum Gasteiger partial charge on any atom is 0.352 e. The number of nitrogens with zero attached hydrogens (tertiary/aromatic N) is 1. The second-order valence-electron chi connectivity index (χ2n) is 4.83.